The smallest absolute Gasteiger partial charge is 0.243 e. The third-order valence-electron chi connectivity index (χ3n) is 4.27. The SMILES string of the molecule is Clc1ccc(NNc2ncc3ncn(C4CCCC4)c3n2)c(Cl)c1. The van der Waals surface area contributed by atoms with E-state index < -0.39 is 0 Å². The number of hydrazine groups is 1. The first-order valence-corrected chi connectivity index (χ1v) is 8.63. The molecule has 0 unspecified atom stereocenters. The zero-order chi connectivity index (χ0) is 16.5. The van der Waals surface area contributed by atoms with E-state index in [4.69, 9.17) is 23.2 Å². The molecule has 0 aliphatic heterocycles. The van der Waals surface area contributed by atoms with Gasteiger partial charge < -0.3 is 4.57 Å². The molecule has 1 fully saturated rings. The first kappa shape index (κ1) is 15.5. The van der Waals surface area contributed by atoms with Crippen molar-refractivity contribution in [3.63, 3.8) is 0 Å². The second kappa shape index (κ2) is 6.45. The van der Waals surface area contributed by atoms with Crippen LogP contribution in [0.1, 0.15) is 31.7 Å². The number of aromatic nitrogens is 4. The molecule has 0 bridgehead atoms. The number of hydrogen-bond acceptors (Lipinski definition) is 5. The van der Waals surface area contributed by atoms with Gasteiger partial charge in [-0.3, -0.25) is 10.9 Å². The van der Waals surface area contributed by atoms with Crippen molar-refractivity contribution in [1.82, 2.24) is 19.5 Å². The second-order valence-electron chi connectivity index (χ2n) is 5.87. The van der Waals surface area contributed by atoms with Gasteiger partial charge in [-0.25, -0.2) is 9.97 Å². The fourth-order valence-corrected chi connectivity index (χ4v) is 3.51. The Morgan fingerprint density at radius 2 is 1.92 bits per heavy atom. The van der Waals surface area contributed by atoms with Crippen molar-refractivity contribution in [2.24, 2.45) is 0 Å². The predicted octanol–water partition coefficient (Wildman–Crippen LogP) is 4.69. The molecule has 2 N–H and O–H groups in total. The number of nitrogens with zero attached hydrogens (tertiary/aromatic N) is 4. The molecule has 124 valence electrons. The van der Waals surface area contributed by atoms with E-state index in [2.05, 4.69) is 30.4 Å². The normalized spacial score (nSPS) is 15.1. The van der Waals surface area contributed by atoms with E-state index in [1.807, 2.05) is 6.33 Å². The molecule has 24 heavy (non-hydrogen) atoms. The van der Waals surface area contributed by atoms with Gasteiger partial charge in [-0.05, 0) is 31.0 Å². The number of nitrogens with one attached hydrogen (secondary N) is 2. The van der Waals surface area contributed by atoms with Crippen molar-refractivity contribution in [2.45, 2.75) is 31.7 Å². The second-order valence-corrected chi connectivity index (χ2v) is 6.71. The standard InChI is InChI=1S/C16H16Cl2N6/c17-10-5-6-13(12(18)7-10)22-23-16-19-8-14-15(21-16)24(9-20-14)11-3-1-2-4-11/h5-9,11,22H,1-4H2,(H,19,21,23). The third kappa shape index (κ3) is 2.99. The van der Waals surface area contributed by atoms with Gasteiger partial charge >= 0.3 is 0 Å². The molecule has 8 heteroatoms. The highest BCUT2D eigenvalue weighted by atomic mass is 35.5. The van der Waals surface area contributed by atoms with Crippen LogP contribution in [0.2, 0.25) is 10.0 Å². The van der Waals surface area contributed by atoms with E-state index in [0.29, 0.717) is 27.7 Å². The topological polar surface area (TPSA) is 67.7 Å². The van der Waals surface area contributed by atoms with Crippen LogP contribution >= 0.6 is 23.2 Å². The van der Waals surface area contributed by atoms with Gasteiger partial charge in [0.2, 0.25) is 5.95 Å². The number of hydrogen-bond donors (Lipinski definition) is 2. The summed E-state index contributed by atoms with van der Waals surface area (Å²) in [5.41, 5.74) is 8.34. The molecule has 0 amide bonds. The van der Waals surface area contributed by atoms with Gasteiger partial charge in [0.1, 0.15) is 5.52 Å². The molecule has 4 rings (SSSR count). The number of rotatable bonds is 4. The Bertz CT molecular complexity index is 872. The largest absolute Gasteiger partial charge is 0.312 e. The number of fused-ring (bicyclic) bond motifs is 1. The van der Waals surface area contributed by atoms with Crippen molar-refractivity contribution in [3.05, 3.63) is 40.8 Å². The Kier molecular flexibility index (Phi) is 4.16. The summed E-state index contributed by atoms with van der Waals surface area (Å²) in [6, 6.07) is 5.71. The maximum absolute atomic E-state index is 6.14. The summed E-state index contributed by atoms with van der Waals surface area (Å²) in [4.78, 5) is 13.3. The van der Waals surface area contributed by atoms with E-state index >= 15 is 0 Å². The van der Waals surface area contributed by atoms with Gasteiger partial charge in [0.05, 0.1) is 23.2 Å². The fourth-order valence-electron chi connectivity index (χ4n) is 3.05. The summed E-state index contributed by atoms with van der Waals surface area (Å²) in [6.45, 7) is 0. The minimum absolute atomic E-state index is 0.466. The summed E-state index contributed by atoms with van der Waals surface area (Å²) in [5, 5.41) is 1.11. The highest BCUT2D eigenvalue weighted by Crippen LogP contribution is 2.31. The highest BCUT2D eigenvalue weighted by Gasteiger charge is 2.19. The fraction of sp³-hybridized carbons (Fsp3) is 0.312. The molecule has 1 aliphatic carbocycles. The summed E-state index contributed by atoms with van der Waals surface area (Å²) in [5.74, 6) is 0.466. The van der Waals surface area contributed by atoms with Crippen LogP contribution in [0.15, 0.2) is 30.7 Å². The van der Waals surface area contributed by atoms with Gasteiger partial charge in [-0.2, -0.15) is 4.98 Å². The monoisotopic (exact) mass is 362 g/mol. The lowest BCUT2D eigenvalue weighted by Crippen LogP contribution is -2.12. The summed E-state index contributed by atoms with van der Waals surface area (Å²) >= 11 is 12.0. The average Bonchev–Trinajstić information content (AvgIpc) is 3.22. The molecule has 2 heterocycles. The first-order chi connectivity index (χ1) is 11.7. The molecule has 1 saturated carbocycles. The molecule has 1 aliphatic rings. The molecule has 0 radical (unpaired) electrons. The number of imidazole rings is 1. The van der Waals surface area contributed by atoms with E-state index in [-0.39, 0.29) is 0 Å². The average molecular weight is 363 g/mol. The zero-order valence-electron chi connectivity index (χ0n) is 12.8. The predicted molar refractivity (Wildman–Crippen MR) is 96.5 cm³/mol. The van der Waals surface area contributed by atoms with Gasteiger partial charge in [-0.1, -0.05) is 36.0 Å². The Labute approximate surface area is 149 Å². The summed E-state index contributed by atoms with van der Waals surface area (Å²) in [6.07, 6.45) is 8.46. The lowest BCUT2D eigenvalue weighted by Gasteiger charge is -2.13. The highest BCUT2D eigenvalue weighted by molar-refractivity contribution is 6.36. The molecule has 6 nitrogen and oxygen atoms in total. The van der Waals surface area contributed by atoms with Crippen molar-refractivity contribution < 1.29 is 0 Å². The van der Waals surface area contributed by atoms with Crippen LogP contribution in [0, 0.1) is 0 Å². The van der Waals surface area contributed by atoms with Gasteiger partial charge in [-0.15, -0.1) is 0 Å². The van der Waals surface area contributed by atoms with Crippen LogP contribution in [-0.2, 0) is 0 Å². The molecule has 0 spiro atoms. The molecular formula is C16H16Cl2N6. The van der Waals surface area contributed by atoms with Crippen LogP contribution in [0.4, 0.5) is 11.6 Å². The van der Waals surface area contributed by atoms with Gasteiger partial charge in [0.15, 0.2) is 5.65 Å². The lowest BCUT2D eigenvalue weighted by atomic mass is 10.2. The van der Waals surface area contributed by atoms with E-state index in [9.17, 15) is 0 Å². The number of anilines is 2. The van der Waals surface area contributed by atoms with E-state index in [1.54, 1.807) is 24.4 Å². The van der Waals surface area contributed by atoms with E-state index in [0.717, 1.165) is 11.2 Å². The van der Waals surface area contributed by atoms with Crippen molar-refractivity contribution in [2.75, 3.05) is 10.9 Å². The molecule has 0 saturated heterocycles. The molecule has 1 aromatic carbocycles. The van der Waals surface area contributed by atoms with Crippen LogP contribution in [0.5, 0.6) is 0 Å². The summed E-state index contributed by atoms with van der Waals surface area (Å²) in [7, 11) is 0. The zero-order valence-corrected chi connectivity index (χ0v) is 14.3. The van der Waals surface area contributed by atoms with Crippen LogP contribution in [0.3, 0.4) is 0 Å². The molecular weight excluding hydrogens is 347 g/mol. The van der Waals surface area contributed by atoms with Crippen LogP contribution < -0.4 is 10.9 Å². The van der Waals surface area contributed by atoms with Gasteiger partial charge in [0.25, 0.3) is 0 Å². The Balaban J connectivity index is 1.57. The minimum atomic E-state index is 0.466. The molecule has 3 aromatic rings. The quantitative estimate of drug-likeness (QED) is 0.659. The first-order valence-electron chi connectivity index (χ1n) is 7.87. The van der Waals surface area contributed by atoms with Crippen molar-refractivity contribution >= 4 is 46.0 Å². The minimum Gasteiger partial charge on any atom is -0.312 e. The Morgan fingerprint density at radius 1 is 1.08 bits per heavy atom. The third-order valence-corrected chi connectivity index (χ3v) is 4.82. The van der Waals surface area contributed by atoms with Crippen LogP contribution in [-0.4, -0.2) is 19.5 Å². The number of benzene rings is 1. The summed E-state index contributed by atoms with van der Waals surface area (Å²) < 4.78 is 2.16. The van der Waals surface area contributed by atoms with Gasteiger partial charge in [0, 0.05) is 11.1 Å². The lowest BCUT2D eigenvalue weighted by molar-refractivity contribution is 0.529. The van der Waals surface area contributed by atoms with Crippen molar-refractivity contribution in [1.29, 1.82) is 0 Å². The Morgan fingerprint density at radius 3 is 2.71 bits per heavy atom. The van der Waals surface area contributed by atoms with Crippen molar-refractivity contribution in [3.8, 4) is 0 Å². The molecule has 2 aromatic heterocycles. The molecule has 0 atom stereocenters. The number of halogens is 2. The maximum atomic E-state index is 6.14. The van der Waals surface area contributed by atoms with E-state index in [1.165, 1.54) is 25.7 Å². The van der Waals surface area contributed by atoms with Crippen LogP contribution in [0.25, 0.3) is 11.2 Å². The Hall–Kier alpha value is -2.05. The maximum Gasteiger partial charge on any atom is 0.243 e.